The van der Waals surface area contributed by atoms with Crippen molar-refractivity contribution in [1.29, 1.82) is 5.26 Å². The fourth-order valence-electron chi connectivity index (χ4n) is 8.15. The normalized spacial score (nSPS) is 12.4. The lowest BCUT2D eigenvalue weighted by molar-refractivity contribution is 0.434. The van der Waals surface area contributed by atoms with Crippen LogP contribution < -0.4 is 4.74 Å². The maximum Gasteiger partial charge on any atom is 0.164 e. The number of nitrogens with zero attached hydrogens (tertiary/aromatic N) is 4. The number of hydrogen-bond donors (Lipinski definition) is 0. The van der Waals surface area contributed by atoms with Crippen LogP contribution in [0.2, 0.25) is 0 Å². The quantitative estimate of drug-likeness (QED) is 0.163. The molecule has 1 aliphatic heterocycles. The monoisotopic (exact) mass is 742 g/mol. The van der Waals surface area contributed by atoms with E-state index in [4.69, 9.17) is 19.7 Å². The van der Waals surface area contributed by atoms with E-state index in [1.54, 1.807) is 0 Å². The number of ether oxygens (including phenoxy) is 1. The fraction of sp³-hybridized carbons (Fsp3) is 0.0189. The molecule has 5 heteroatoms. The lowest BCUT2D eigenvalue weighted by Gasteiger charge is -2.41. The summed E-state index contributed by atoms with van der Waals surface area (Å²) >= 11 is 0. The number of nitriles is 1. The van der Waals surface area contributed by atoms with E-state index in [0.717, 1.165) is 72.7 Å². The molecule has 0 aliphatic carbocycles. The number of fused-ring (bicyclic) bond motifs is 2. The van der Waals surface area contributed by atoms with Crippen LogP contribution in [0.25, 0.3) is 56.4 Å². The van der Waals surface area contributed by atoms with Gasteiger partial charge in [-0.1, -0.05) is 158 Å². The van der Waals surface area contributed by atoms with Gasteiger partial charge in [-0.05, 0) is 81.9 Å². The molecule has 0 radical (unpaired) electrons. The molecule has 9 aromatic rings. The van der Waals surface area contributed by atoms with Crippen molar-refractivity contribution in [1.82, 2.24) is 15.0 Å². The van der Waals surface area contributed by atoms with Crippen LogP contribution in [0.1, 0.15) is 27.8 Å². The van der Waals surface area contributed by atoms with E-state index in [1.165, 1.54) is 0 Å². The summed E-state index contributed by atoms with van der Waals surface area (Å²) in [5.74, 6) is 3.26. The third-order valence-electron chi connectivity index (χ3n) is 10.9. The Hall–Kier alpha value is -7.94. The highest BCUT2D eigenvalue weighted by molar-refractivity contribution is 5.77. The summed E-state index contributed by atoms with van der Waals surface area (Å²) in [7, 11) is 0. The molecule has 0 N–H and O–H groups in total. The molecule has 2 heterocycles. The van der Waals surface area contributed by atoms with Gasteiger partial charge >= 0.3 is 0 Å². The van der Waals surface area contributed by atoms with Crippen LogP contribution in [-0.4, -0.2) is 15.0 Å². The van der Waals surface area contributed by atoms with Crippen molar-refractivity contribution in [2.45, 2.75) is 5.41 Å². The van der Waals surface area contributed by atoms with E-state index >= 15 is 0 Å². The second kappa shape index (κ2) is 14.6. The summed E-state index contributed by atoms with van der Waals surface area (Å²) in [6.45, 7) is 0. The highest BCUT2D eigenvalue weighted by atomic mass is 16.5. The molecule has 58 heavy (non-hydrogen) atoms. The number of aromatic nitrogens is 3. The summed E-state index contributed by atoms with van der Waals surface area (Å²) in [6, 6.07) is 72.6. The largest absolute Gasteiger partial charge is 0.457 e. The fourth-order valence-corrected chi connectivity index (χ4v) is 8.15. The molecule has 5 nitrogen and oxygen atoms in total. The standard InChI is InChI=1S/C53H34N4O/c54-35-36-26-28-38(29-27-36)40-17-13-19-42(33-40)51-55-50(41-18-12-16-39(32-41)37-14-4-1-5-15-37)56-52(57-51)43-30-31-49-47(34-43)53(44-20-6-2-7-21-44,45-22-8-3-9-23-45)46-24-10-11-25-48(46)58-49/h1-34H. The van der Waals surface area contributed by atoms with Crippen molar-refractivity contribution in [2.24, 2.45) is 0 Å². The second-order valence-electron chi connectivity index (χ2n) is 14.3. The third-order valence-corrected chi connectivity index (χ3v) is 10.9. The maximum atomic E-state index is 9.39. The Morgan fingerprint density at radius 3 is 1.36 bits per heavy atom. The van der Waals surface area contributed by atoms with Crippen molar-refractivity contribution in [3.63, 3.8) is 0 Å². The topological polar surface area (TPSA) is 71.7 Å². The van der Waals surface area contributed by atoms with E-state index in [-0.39, 0.29) is 0 Å². The predicted molar refractivity (Wildman–Crippen MR) is 230 cm³/mol. The average molecular weight is 743 g/mol. The molecular weight excluding hydrogens is 709 g/mol. The molecule has 1 aromatic heterocycles. The zero-order valence-corrected chi connectivity index (χ0v) is 31.3. The van der Waals surface area contributed by atoms with Crippen molar-refractivity contribution < 1.29 is 4.74 Å². The molecule has 8 aromatic carbocycles. The van der Waals surface area contributed by atoms with Gasteiger partial charge in [-0.3, -0.25) is 0 Å². The van der Waals surface area contributed by atoms with E-state index in [2.05, 4.69) is 127 Å². The lowest BCUT2D eigenvalue weighted by Crippen LogP contribution is -2.34. The van der Waals surface area contributed by atoms with Gasteiger partial charge in [0, 0.05) is 27.8 Å². The molecule has 0 fully saturated rings. The Bertz CT molecular complexity index is 2940. The molecule has 272 valence electrons. The first-order valence-corrected chi connectivity index (χ1v) is 19.2. The summed E-state index contributed by atoms with van der Waals surface area (Å²) in [5.41, 5.74) is 11.0. The Morgan fingerprint density at radius 2 is 0.793 bits per heavy atom. The first-order valence-electron chi connectivity index (χ1n) is 19.2. The molecule has 0 unspecified atom stereocenters. The molecular formula is C53H34N4O. The van der Waals surface area contributed by atoms with Crippen molar-refractivity contribution in [2.75, 3.05) is 0 Å². The summed E-state index contributed by atoms with van der Waals surface area (Å²) in [5, 5.41) is 9.39. The van der Waals surface area contributed by atoms with Gasteiger partial charge < -0.3 is 4.74 Å². The zero-order chi connectivity index (χ0) is 38.9. The summed E-state index contributed by atoms with van der Waals surface area (Å²) in [4.78, 5) is 15.6. The van der Waals surface area contributed by atoms with Crippen LogP contribution in [0, 0.1) is 11.3 Å². The van der Waals surface area contributed by atoms with Gasteiger partial charge in [0.2, 0.25) is 0 Å². The average Bonchev–Trinajstić information content (AvgIpc) is 3.31. The van der Waals surface area contributed by atoms with E-state index in [1.807, 2.05) is 84.9 Å². The Morgan fingerprint density at radius 1 is 0.362 bits per heavy atom. The van der Waals surface area contributed by atoms with E-state index < -0.39 is 5.41 Å². The second-order valence-corrected chi connectivity index (χ2v) is 14.3. The van der Waals surface area contributed by atoms with Gasteiger partial charge in [-0.25, -0.2) is 15.0 Å². The van der Waals surface area contributed by atoms with Crippen LogP contribution in [0.4, 0.5) is 0 Å². The van der Waals surface area contributed by atoms with E-state index in [0.29, 0.717) is 23.0 Å². The Labute approximate surface area is 337 Å². The van der Waals surface area contributed by atoms with Crippen LogP contribution in [0.5, 0.6) is 11.5 Å². The highest BCUT2D eigenvalue weighted by Crippen LogP contribution is 2.55. The smallest absolute Gasteiger partial charge is 0.164 e. The minimum atomic E-state index is -0.694. The van der Waals surface area contributed by atoms with Crippen molar-refractivity contribution in [3.05, 3.63) is 234 Å². The van der Waals surface area contributed by atoms with Crippen molar-refractivity contribution in [3.8, 4) is 74.0 Å². The van der Waals surface area contributed by atoms with E-state index in [9.17, 15) is 5.26 Å². The SMILES string of the molecule is N#Cc1ccc(-c2cccc(-c3nc(-c4cccc(-c5ccccc5)c4)nc(-c4ccc5c(c4)C(c4ccccc4)(c4ccccc4)c4ccccc4O5)n3)c2)cc1. The number of para-hydroxylation sites is 1. The molecule has 0 atom stereocenters. The molecule has 1 aliphatic rings. The maximum absolute atomic E-state index is 9.39. The van der Waals surface area contributed by atoms with Gasteiger partial charge in [0.1, 0.15) is 11.5 Å². The van der Waals surface area contributed by atoms with Gasteiger partial charge in [0.15, 0.2) is 17.5 Å². The minimum Gasteiger partial charge on any atom is -0.457 e. The Balaban J connectivity index is 1.19. The first-order chi connectivity index (χ1) is 28.7. The summed E-state index contributed by atoms with van der Waals surface area (Å²) in [6.07, 6.45) is 0. The third kappa shape index (κ3) is 6.10. The first kappa shape index (κ1) is 34.5. The van der Waals surface area contributed by atoms with Gasteiger partial charge in [-0.2, -0.15) is 5.26 Å². The zero-order valence-electron chi connectivity index (χ0n) is 31.3. The number of benzene rings is 8. The minimum absolute atomic E-state index is 0.547. The van der Waals surface area contributed by atoms with Gasteiger partial charge in [-0.15, -0.1) is 0 Å². The number of hydrogen-bond acceptors (Lipinski definition) is 5. The van der Waals surface area contributed by atoms with Crippen LogP contribution in [0.15, 0.2) is 206 Å². The molecule has 10 rings (SSSR count). The molecule has 0 spiro atoms. The summed E-state index contributed by atoms with van der Waals surface area (Å²) < 4.78 is 6.71. The lowest BCUT2D eigenvalue weighted by atomic mass is 9.63. The highest BCUT2D eigenvalue weighted by Gasteiger charge is 2.45. The molecule has 0 bridgehead atoms. The van der Waals surface area contributed by atoms with Crippen molar-refractivity contribution >= 4 is 0 Å². The molecule has 0 saturated carbocycles. The molecule has 0 saturated heterocycles. The van der Waals surface area contributed by atoms with Gasteiger partial charge in [0.25, 0.3) is 0 Å². The Kier molecular flexibility index (Phi) is 8.70. The van der Waals surface area contributed by atoms with Crippen LogP contribution >= 0.6 is 0 Å². The number of rotatable bonds is 7. The van der Waals surface area contributed by atoms with Gasteiger partial charge in [0.05, 0.1) is 17.0 Å². The molecule has 0 amide bonds. The predicted octanol–water partition coefficient (Wildman–Crippen LogP) is 12.6. The van der Waals surface area contributed by atoms with Crippen LogP contribution in [0.3, 0.4) is 0 Å². The van der Waals surface area contributed by atoms with Crippen LogP contribution in [-0.2, 0) is 5.41 Å².